The molecule has 1 aliphatic heterocycles. The second-order valence-corrected chi connectivity index (χ2v) is 16.1. The number of benzene rings is 2. The maximum Gasteiger partial charge on any atom is 0.316 e. The fourth-order valence-electron chi connectivity index (χ4n) is 6.76. The summed E-state index contributed by atoms with van der Waals surface area (Å²) < 4.78 is 38.5. The van der Waals surface area contributed by atoms with Crippen LogP contribution in [0.5, 0.6) is 11.9 Å². The van der Waals surface area contributed by atoms with E-state index in [-0.39, 0.29) is 55.1 Å². The molecule has 0 saturated carbocycles. The number of aliphatic hydroxyl groups excluding tert-OH is 1. The first-order chi connectivity index (χ1) is 25.8. The molecule has 2 aromatic carbocycles. The molecule has 288 valence electrons. The summed E-state index contributed by atoms with van der Waals surface area (Å²) in [6.07, 6.45) is 4.84. The summed E-state index contributed by atoms with van der Waals surface area (Å²) in [6.45, 7) is 12.7. The van der Waals surface area contributed by atoms with Crippen LogP contribution in [0.3, 0.4) is 0 Å². The minimum Gasteiger partial charge on any atom is -0.472 e. The molecule has 0 bridgehead atoms. The van der Waals surface area contributed by atoms with E-state index in [0.29, 0.717) is 18.7 Å². The summed E-state index contributed by atoms with van der Waals surface area (Å²) in [5.74, 6) is -0.535. The molecule has 0 saturated heterocycles. The van der Waals surface area contributed by atoms with Crippen molar-refractivity contribution in [2.75, 3.05) is 25.1 Å². The number of amides is 1. The molecule has 3 aromatic heterocycles. The highest BCUT2D eigenvalue weighted by molar-refractivity contribution is 8.22. The third-order valence-electron chi connectivity index (χ3n) is 10.0. The molecule has 1 unspecified atom stereocenters. The second-order valence-electron chi connectivity index (χ2n) is 14.2. The number of aryl methyl sites for hydroxylation is 3. The predicted octanol–water partition coefficient (Wildman–Crippen LogP) is 5.45. The van der Waals surface area contributed by atoms with Crippen LogP contribution >= 0.6 is 10.8 Å². The third kappa shape index (κ3) is 7.76. The Bertz CT molecular complexity index is 2110. The Hall–Kier alpha value is -4.71. The fourth-order valence-corrected chi connectivity index (χ4v) is 8.33. The molecule has 0 fully saturated rings. The maximum absolute atomic E-state index is 14.4. The monoisotopic (exact) mass is 759 g/mol. The highest BCUT2D eigenvalue weighted by Gasteiger charge is 2.41. The zero-order chi connectivity index (χ0) is 38.8. The van der Waals surface area contributed by atoms with Gasteiger partial charge in [-0.1, -0.05) is 50.3 Å². The van der Waals surface area contributed by atoms with E-state index in [1.165, 1.54) is 12.4 Å². The summed E-state index contributed by atoms with van der Waals surface area (Å²) in [6, 6.07) is 12.9. The van der Waals surface area contributed by atoms with Crippen LogP contribution in [0.15, 0.2) is 66.0 Å². The van der Waals surface area contributed by atoms with E-state index in [2.05, 4.69) is 36.6 Å². The van der Waals surface area contributed by atoms with Crippen LogP contribution in [-0.2, 0) is 17.9 Å². The number of carbonyl (C=O) groups excluding carboxylic acids is 1. The number of nitrogens with two attached hydrogens (primary N) is 1. The average Bonchev–Trinajstić information content (AvgIpc) is 3.55. The number of nitrogens with one attached hydrogen (secondary N) is 1. The van der Waals surface area contributed by atoms with Gasteiger partial charge in [-0.2, -0.15) is 4.31 Å². The number of aromatic nitrogens is 6. The highest BCUT2D eigenvalue weighted by Crippen LogP contribution is 2.57. The number of fused-ring (bicyclic) bond motifs is 2. The summed E-state index contributed by atoms with van der Waals surface area (Å²) >= 11 is 0. The van der Waals surface area contributed by atoms with Crippen LogP contribution in [0.1, 0.15) is 67.9 Å². The molecule has 0 aliphatic carbocycles. The first kappa shape index (κ1) is 39.0. The Morgan fingerprint density at radius 3 is 2.59 bits per heavy atom. The van der Waals surface area contributed by atoms with Crippen LogP contribution in [0.2, 0.25) is 0 Å². The lowest BCUT2D eigenvalue weighted by molar-refractivity contribution is -0.124. The molecule has 0 spiro atoms. The van der Waals surface area contributed by atoms with Gasteiger partial charge in [0.2, 0.25) is 11.8 Å². The Labute approximate surface area is 316 Å². The largest absolute Gasteiger partial charge is 0.472 e. The van der Waals surface area contributed by atoms with Crippen molar-refractivity contribution in [3.05, 3.63) is 88.9 Å². The van der Waals surface area contributed by atoms with Crippen molar-refractivity contribution in [2.24, 2.45) is 11.1 Å². The molecule has 4 heterocycles. The lowest BCUT2D eigenvalue weighted by Gasteiger charge is -2.42. The van der Waals surface area contributed by atoms with Gasteiger partial charge in [-0.25, -0.2) is 19.6 Å². The highest BCUT2D eigenvalue weighted by atomic mass is 32.3. The van der Waals surface area contributed by atoms with Gasteiger partial charge < -0.3 is 25.6 Å². The summed E-state index contributed by atoms with van der Waals surface area (Å²) in [5.41, 5.74) is 11.2. The standard InChI is InChI=1S/C38H49N9O6S/c1-7-29-20-46(54(50,51)32-10-9-15-40-35(32)53-29)19-26-16-25(12-11-23(26)3)33(30-13-14-31-34(24(30)4)44-45-47(31)8-2)38(5,6)36(49)43-28-17-41-37(42-18-28)52-22-27(39)21-48/h9-18,27,29,33,48,50-51H,7-8,19-22,39H2,1-6H3,(H,43,49)/t27?,29-,33+/m1/s1. The number of nitrogens with zero attached hydrogens (tertiary/aromatic N) is 7. The van der Waals surface area contributed by atoms with Crippen molar-refractivity contribution in [1.82, 2.24) is 34.3 Å². The topological polar surface area (TPSA) is 207 Å². The molecule has 1 amide bonds. The Balaban J connectivity index is 1.39. The third-order valence-corrected chi connectivity index (χ3v) is 11.9. The zero-order valence-corrected chi connectivity index (χ0v) is 32.2. The van der Waals surface area contributed by atoms with Crippen molar-refractivity contribution >= 4 is 33.4 Å². The molecule has 54 heavy (non-hydrogen) atoms. The number of carbonyl (C=O) groups is 1. The summed E-state index contributed by atoms with van der Waals surface area (Å²) in [7, 11) is -3.46. The number of hydrogen-bond acceptors (Lipinski definition) is 13. The molecule has 16 heteroatoms. The number of hydrogen-bond donors (Lipinski definition) is 5. The van der Waals surface area contributed by atoms with Crippen LogP contribution in [0.4, 0.5) is 5.69 Å². The fraction of sp³-hybridized carbons (Fsp3) is 0.421. The molecule has 3 atom stereocenters. The molecule has 6 rings (SSSR count). The second kappa shape index (κ2) is 15.9. The van der Waals surface area contributed by atoms with E-state index in [1.54, 1.807) is 22.6 Å². The Kier molecular flexibility index (Phi) is 11.5. The number of anilines is 1. The SMILES string of the molecule is CC[C@@H]1CN(Cc2cc([C@@H](c3ccc4c(nnn4CC)c3C)C(C)(C)C(=O)Nc3cnc(OCC(N)CO)nc3)ccc2C)S(O)(O)c2cccnc2O1. The first-order valence-corrected chi connectivity index (χ1v) is 19.5. The molecule has 5 aromatic rings. The van der Waals surface area contributed by atoms with E-state index in [4.69, 9.17) is 15.2 Å². The van der Waals surface area contributed by atoms with Gasteiger partial charge in [0.1, 0.15) is 23.1 Å². The predicted molar refractivity (Wildman–Crippen MR) is 206 cm³/mol. The van der Waals surface area contributed by atoms with Gasteiger partial charge in [-0.3, -0.25) is 13.9 Å². The van der Waals surface area contributed by atoms with E-state index in [1.807, 2.05) is 70.5 Å². The van der Waals surface area contributed by atoms with Crippen molar-refractivity contribution in [3.8, 4) is 11.9 Å². The zero-order valence-electron chi connectivity index (χ0n) is 31.4. The normalized spacial score (nSPS) is 17.6. The van der Waals surface area contributed by atoms with Gasteiger partial charge in [0.15, 0.2) is 0 Å². The maximum atomic E-state index is 14.4. The number of ether oxygens (including phenoxy) is 2. The van der Waals surface area contributed by atoms with Gasteiger partial charge in [0.05, 0.1) is 48.2 Å². The van der Waals surface area contributed by atoms with Crippen molar-refractivity contribution in [1.29, 1.82) is 0 Å². The van der Waals surface area contributed by atoms with E-state index in [9.17, 15) is 19.0 Å². The van der Waals surface area contributed by atoms with Gasteiger partial charge in [-0.05, 0) is 73.2 Å². The summed E-state index contributed by atoms with van der Waals surface area (Å²) in [5, 5.41) is 21.0. The van der Waals surface area contributed by atoms with Crippen LogP contribution < -0.4 is 20.5 Å². The molecule has 1 aliphatic rings. The number of rotatable bonds is 13. The minimum absolute atomic E-state index is 0.0410. The van der Waals surface area contributed by atoms with Crippen molar-refractivity contribution in [3.63, 3.8) is 0 Å². The number of pyridine rings is 1. The van der Waals surface area contributed by atoms with Crippen molar-refractivity contribution < 1.29 is 28.5 Å². The molecule has 6 N–H and O–H groups in total. The van der Waals surface area contributed by atoms with E-state index >= 15 is 0 Å². The molecule has 15 nitrogen and oxygen atoms in total. The molecule has 0 radical (unpaired) electrons. The van der Waals surface area contributed by atoms with E-state index in [0.717, 1.165) is 38.9 Å². The van der Waals surface area contributed by atoms with Crippen LogP contribution in [0, 0.1) is 19.3 Å². The smallest absolute Gasteiger partial charge is 0.316 e. The lowest BCUT2D eigenvalue weighted by Crippen LogP contribution is -2.37. The average molecular weight is 760 g/mol. The van der Waals surface area contributed by atoms with Crippen LogP contribution in [-0.4, -0.2) is 86.3 Å². The lowest BCUT2D eigenvalue weighted by atomic mass is 9.69. The molecular weight excluding hydrogens is 711 g/mol. The van der Waals surface area contributed by atoms with Crippen LogP contribution in [0.25, 0.3) is 11.0 Å². The van der Waals surface area contributed by atoms with Gasteiger partial charge >= 0.3 is 6.01 Å². The van der Waals surface area contributed by atoms with Gasteiger partial charge in [-0.15, -0.1) is 15.9 Å². The summed E-state index contributed by atoms with van der Waals surface area (Å²) in [4.78, 5) is 27.4. The number of aliphatic hydroxyl groups is 1. The Morgan fingerprint density at radius 2 is 1.89 bits per heavy atom. The van der Waals surface area contributed by atoms with E-state index < -0.39 is 28.2 Å². The first-order valence-electron chi connectivity index (χ1n) is 18.0. The van der Waals surface area contributed by atoms with Gasteiger partial charge in [0, 0.05) is 25.2 Å². The quantitative estimate of drug-likeness (QED) is 0.101. The minimum atomic E-state index is -3.46. The molecular formula is C38H49N9O6S. The van der Waals surface area contributed by atoms with Gasteiger partial charge in [0.25, 0.3) is 0 Å². The Morgan fingerprint density at radius 1 is 1.13 bits per heavy atom. The van der Waals surface area contributed by atoms with Crippen molar-refractivity contribution in [2.45, 2.75) is 84.0 Å².